The van der Waals surface area contributed by atoms with E-state index in [1.54, 1.807) is 11.3 Å². The van der Waals surface area contributed by atoms with E-state index >= 15 is 0 Å². The minimum Gasteiger partial charge on any atom is -0.481 e. The van der Waals surface area contributed by atoms with Gasteiger partial charge in [-0.15, -0.1) is 11.3 Å². The largest absolute Gasteiger partial charge is 0.481 e. The second-order valence-corrected chi connectivity index (χ2v) is 11.7. The summed E-state index contributed by atoms with van der Waals surface area (Å²) < 4.78 is 0.752. The number of thiophene rings is 1. The molecule has 2 aromatic heterocycles. The first-order valence-corrected chi connectivity index (χ1v) is 13.5. The van der Waals surface area contributed by atoms with Crippen LogP contribution < -0.4 is 0 Å². The van der Waals surface area contributed by atoms with Crippen LogP contribution in [-0.2, 0) is 9.59 Å². The van der Waals surface area contributed by atoms with Crippen molar-refractivity contribution in [2.24, 2.45) is 11.8 Å². The van der Waals surface area contributed by atoms with Crippen molar-refractivity contribution in [2.75, 3.05) is 0 Å². The molecule has 7 heteroatoms. The molecule has 2 N–H and O–H groups in total. The lowest BCUT2D eigenvalue weighted by molar-refractivity contribution is -0.155. The number of aliphatic carboxylic acids is 1. The average molecular weight is 499 g/mol. The Hall–Kier alpha value is -2.31. The van der Waals surface area contributed by atoms with Gasteiger partial charge < -0.3 is 15.0 Å². The van der Waals surface area contributed by atoms with Crippen molar-refractivity contribution in [1.29, 1.82) is 0 Å². The third-order valence-corrected chi connectivity index (χ3v) is 9.21. The number of rotatable bonds is 6. The second-order valence-electron chi connectivity index (χ2n) is 9.97. The number of hydrogen-bond acceptors (Lipinski definition) is 3. The molecule has 1 aromatic carbocycles. The Labute approximate surface area is 209 Å². The summed E-state index contributed by atoms with van der Waals surface area (Å²) in [6.07, 6.45) is 6.72. The van der Waals surface area contributed by atoms with Crippen LogP contribution in [0.3, 0.4) is 0 Å². The van der Waals surface area contributed by atoms with Gasteiger partial charge >= 0.3 is 5.97 Å². The summed E-state index contributed by atoms with van der Waals surface area (Å²) in [4.78, 5) is 32.2. The lowest BCUT2D eigenvalue weighted by atomic mass is 9.70. The van der Waals surface area contributed by atoms with Gasteiger partial charge in [-0.05, 0) is 67.7 Å². The lowest BCUT2D eigenvalue weighted by Gasteiger charge is -2.50. The molecule has 0 radical (unpaired) electrons. The zero-order valence-corrected chi connectivity index (χ0v) is 21.2. The molecule has 1 saturated carbocycles. The smallest absolute Gasteiger partial charge is 0.308 e. The number of nitrogens with zero attached hydrogens (tertiary/aromatic N) is 1. The van der Waals surface area contributed by atoms with Crippen molar-refractivity contribution in [3.05, 3.63) is 46.4 Å². The number of carboxylic acids is 1. The molecule has 5 rings (SSSR count). The zero-order valence-electron chi connectivity index (χ0n) is 19.6. The van der Waals surface area contributed by atoms with Gasteiger partial charge in [-0.2, -0.15) is 0 Å². The highest BCUT2D eigenvalue weighted by Gasteiger charge is 2.46. The number of fused-ring (bicyclic) bond motifs is 3. The number of benzene rings is 1. The minimum absolute atomic E-state index is 0.0000626. The van der Waals surface area contributed by atoms with Gasteiger partial charge in [0.15, 0.2) is 0 Å². The number of carboxylic acid groups (broad SMARTS) is 1. The quantitative estimate of drug-likeness (QED) is 0.387. The van der Waals surface area contributed by atoms with Crippen molar-refractivity contribution in [1.82, 2.24) is 9.88 Å². The molecule has 1 amide bonds. The number of amides is 1. The number of piperidine rings is 1. The van der Waals surface area contributed by atoms with E-state index in [-0.39, 0.29) is 23.9 Å². The van der Waals surface area contributed by atoms with Crippen LogP contribution in [0.15, 0.2) is 36.5 Å². The number of hydrogen-bond donors (Lipinski definition) is 2. The molecule has 1 aliphatic carbocycles. The Morgan fingerprint density at radius 1 is 1.24 bits per heavy atom. The van der Waals surface area contributed by atoms with E-state index in [0.29, 0.717) is 18.8 Å². The Morgan fingerprint density at radius 2 is 2.06 bits per heavy atom. The summed E-state index contributed by atoms with van der Waals surface area (Å²) in [6.45, 7) is 4.21. The van der Waals surface area contributed by atoms with Crippen LogP contribution in [0, 0.1) is 11.8 Å². The molecule has 2 bridgehead atoms. The first-order valence-electron chi connectivity index (χ1n) is 12.3. The van der Waals surface area contributed by atoms with Gasteiger partial charge in [-0.3, -0.25) is 9.59 Å². The molecular formula is C27H31ClN2O3S. The van der Waals surface area contributed by atoms with Crippen LogP contribution in [0.5, 0.6) is 0 Å². The Kier molecular flexibility index (Phi) is 6.47. The molecule has 180 valence electrons. The van der Waals surface area contributed by atoms with Crippen LogP contribution >= 0.6 is 22.9 Å². The lowest BCUT2D eigenvalue weighted by Crippen LogP contribution is -2.58. The molecule has 0 spiro atoms. The van der Waals surface area contributed by atoms with Crippen molar-refractivity contribution in [3.63, 3.8) is 0 Å². The molecule has 5 unspecified atom stereocenters. The molecule has 1 aliphatic heterocycles. The molecule has 2 aliphatic rings. The summed E-state index contributed by atoms with van der Waals surface area (Å²) in [5, 5.41) is 11.0. The first kappa shape index (κ1) is 23.4. The van der Waals surface area contributed by atoms with E-state index in [9.17, 15) is 14.7 Å². The second kappa shape index (κ2) is 9.38. The maximum Gasteiger partial charge on any atom is 0.308 e. The number of aromatic amines is 1. The van der Waals surface area contributed by atoms with E-state index in [4.69, 9.17) is 11.6 Å². The topological polar surface area (TPSA) is 73.4 Å². The molecule has 3 aromatic rings. The highest BCUT2D eigenvalue weighted by Crippen LogP contribution is 2.44. The van der Waals surface area contributed by atoms with Crippen LogP contribution in [0.1, 0.15) is 63.9 Å². The summed E-state index contributed by atoms with van der Waals surface area (Å²) in [5.41, 5.74) is 3.28. The van der Waals surface area contributed by atoms with Gasteiger partial charge in [0, 0.05) is 46.0 Å². The Morgan fingerprint density at radius 3 is 2.76 bits per heavy atom. The van der Waals surface area contributed by atoms with Gasteiger partial charge in [0.1, 0.15) is 0 Å². The number of aromatic nitrogens is 1. The zero-order chi connectivity index (χ0) is 24.0. The maximum absolute atomic E-state index is 13.7. The van der Waals surface area contributed by atoms with Gasteiger partial charge in [-0.1, -0.05) is 37.6 Å². The van der Waals surface area contributed by atoms with E-state index in [1.807, 2.05) is 29.3 Å². The fourth-order valence-electron chi connectivity index (χ4n) is 6.30. The van der Waals surface area contributed by atoms with Gasteiger partial charge in [0.2, 0.25) is 5.91 Å². The first-order chi connectivity index (χ1) is 16.4. The summed E-state index contributed by atoms with van der Waals surface area (Å²) in [7, 11) is 0. The van der Waals surface area contributed by atoms with Crippen LogP contribution in [-0.4, -0.2) is 39.0 Å². The highest BCUT2D eigenvalue weighted by atomic mass is 35.5. The van der Waals surface area contributed by atoms with Gasteiger partial charge in [0.25, 0.3) is 0 Å². The molecule has 1 saturated heterocycles. The van der Waals surface area contributed by atoms with E-state index in [0.717, 1.165) is 56.9 Å². The van der Waals surface area contributed by atoms with E-state index < -0.39 is 11.9 Å². The number of carbonyl (C=O) groups is 2. The van der Waals surface area contributed by atoms with Crippen molar-refractivity contribution in [2.45, 2.75) is 70.4 Å². The van der Waals surface area contributed by atoms with Crippen LogP contribution in [0.4, 0.5) is 0 Å². The normalized spacial score (nSPS) is 25.4. The van der Waals surface area contributed by atoms with Gasteiger partial charge in [-0.25, -0.2) is 0 Å². The number of nitrogens with one attached hydrogen (secondary N) is 1. The van der Waals surface area contributed by atoms with Crippen molar-refractivity contribution in [3.8, 4) is 10.4 Å². The van der Waals surface area contributed by atoms with E-state index in [2.05, 4.69) is 31.0 Å². The molecule has 5 nitrogen and oxygen atoms in total. The predicted molar refractivity (Wildman–Crippen MR) is 137 cm³/mol. The highest BCUT2D eigenvalue weighted by molar-refractivity contribution is 7.19. The molecular weight excluding hydrogens is 468 g/mol. The molecule has 2 fully saturated rings. The average Bonchev–Trinajstić information content (AvgIpc) is 3.44. The fraction of sp³-hybridized carbons (Fsp3) is 0.481. The molecule has 34 heavy (non-hydrogen) atoms. The number of H-pyrrole nitrogens is 1. The number of likely N-dealkylation sites (tertiary alicyclic amines) is 1. The third kappa shape index (κ3) is 4.16. The monoisotopic (exact) mass is 498 g/mol. The summed E-state index contributed by atoms with van der Waals surface area (Å²) >= 11 is 7.77. The standard InChI is InChI=1S/C27H31ClN2O3S/c1-3-17-12-16-7-8-18(27(32)33)22(13-16)30(17)25(31)11-15(2)20-14-29-21-6-4-5-19(26(20)21)23-9-10-24(28)34-23/h4-6,9-10,14-18,22,29H,3,7-8,11-13H2,1-2H3,(H,32,33). The molecule has 5 atom stereocenters. The summed E-state index contributed by atoms with van der Waals surface area (Å²) in [6, 6.07) is 10.1. The SMILES string of the molecule is CCC1CC2CCC(C(=O)O)C(C2)N1C(=O)CC(C)c1c[nH]c2cccc(-c3ccc(Cl)s3)c12. The van der Waals surface area contributed by atoms with Crippen molar-refractivity contribution >= 4 is 45.7 Å². The maximum atomic E-state index is 13.7. The number of halogens is 1. The van der Waals surface area contributed by atoms with Gasteiger partial charge in [0.05, 0.1) is 10.3 Å². The number of carbonyl (C=O) groups excluding carboxylic acids is 1. The Balaban J connectivity index is 1.44. The fourth-order valence-corrected chi connectivity index (χ4v) is 7.38. The summed E-state index contributed by atoms with van der Waals surface area (Å²) in [5.74, 6) is -0.585. The van der Waals surface area contributed by atoms with Crippen molar-refractivity contribution < 1.29 is 14.7 Å². The van der Waals surface area contributed by atoms with E-state index in [1.165, 1.54) is 0 Å². The minimum atomic E-state index is -0.762. The van der Waals surface area contributed by atoms with Crippen LogP contribution in [0.25, 0.3) is 21.3 Å². The van der Waals surface area contributed by atoms with Crippen LogP contribution in [0.2, 0.25) is 4.34 Å². The molecule has 3 heterocycles. The Bertz CT molecular complexity index is 1220. The predicted octanol–water partition coefficient (Wildman–Crippen LogP) is 6.92. The third-order valence-electron chi connectivity index (χ3n) is 7.94.